The summed E-state index contributed by atoms with van der Waals surface area (Å²) in [7, 11) is 0. The van der Waals surface area contributed by atoms with Crippen LogP contribution in [0.1, 0.15) is 45.1 Å². The Balaban J connectivity index is 1.96. The molecule has 1 aliphatic rings. The molecule has 0 spiro atoms. The molecule has 2 rings (SSSR count). The summed E-state index contributed by atoms with van der Waals surface area (Å²) in [4.78, 5) is 2.63. The molecule has 1 heterocycles. The van der Waals surface area contributed by atoms with Crippen molar-refractivity contribution in [2.24, 2.45) is 5.92 Å². The summed E-state index contributed by atoms with van der Waals surface area (Å²) < 4.78 is 0. The van der Waals surface area contributed by atoms with Crippen LogP contribution in [0.3, 0.4) is 0 Å². The number of hydrogen-bond acceptors (Lipinski definition) is 2. The van der Waals surface area contributed by atoms with Crippen LogP contribution in [-0.2, 0) is 0 Å². The molecule has 0 aliphatic carbocycles. The van der Waals surface area contributed by atoms with Gasteiger partial charge in [0.05, 0.1) is 0 Å². The SMILES string of the molecule is CCC(CC)CN(CC)CC1CNc2ccccc21. The van der Waals surface area contributed by atoms with Crippen LogP contribution in [-0.4, -0.2) is 31.1 Å². The number of fused-ring (bicyclic) bond motifs is 1. The Morgan fingerprint density at radius 1 is 1.21 bits per heavy atom. The second kappa shape index (κ2) is 6.95. The Labute approximate surface area is 118 Å². The van der Waals surface area contributed by atoms with Crippen LogP contribution < -0.4 is 5.32 Å². The van der Waals surface area contributed by atoms with E-state index in [4.69, 9.17) is 0 Å². The fraction of sp³-hybridized carbons (Fsp3) is 0.647. The summed E-state index contributed by atoms with van der Waals surface area (Å²) in [6, 6.07) is 8.77. The number of hydrogen-bond donors (Lipinski definition) is 1. The van der Waals surface area contributed by atoms with Crippen molar-refractivity contribution in [1.29, 1.82) is 0 Å². The third-order valence-electron chi connectivity index (χ3n) is 4.54. The lowest BCUT2D eigenvalue weighted by Gasteiger charge is -2.27. The Morgan fingerprint density at radius 2 is 1.95 bits per heavy atom. The molecule has 19 heavy (non-hydrogen) atoms. The summed E-state index contributed by atoms with van der Waals surface area (Å²) in [5.74, 6) is 1.51. The van der Waals surface area contributed by atoms with Crippen LogP contribution in [0, 0.1) is 5.92 Å². The van der Waals surface area contributed by atoms with Gasteiger partial charge in [-0.15, -0.1) is 0 Å². The van der Waals surface area contributed by atoms with Gasteiger partial charge in [0.25, 0.3) is 0 Å². The summed E-state index contributed by atoms with van der Waals surface area (Å²) in [6.45, 7) is 11.6. The predicted molar refractivity (Wildman–Crippen MR) is 83.9 cm³/mol. The van der Waals surface area contributed by atoms with Gasteiger partial charge in [-0.2, -0.15) is 0 Å². The molecular weight excluding hydrogens is 232 g/mol. The van der Waals surface area contributed by atoms with Crippen LogP contribution in [0.5, 0.6) is 0 Å². The quantitative estimate of drug-likeness (QED) is 0.798. The van der Waals surface area contributed by atoms with E-state index in [0.29, 0.717) is 5.92 Å². The third-order valence-corrected chi connectivity index (χ3v) is 4.54. The number of likely N-dealkylation sites (N-methyl/N-ethyl adjacent to an activating group) is 1. The van der Waals surface area contributed by atoms with Gasteiger partial charge in [-0.25, -0.2) is 0 Å². The Kier molecular flexibility index (Phi) is 5.26. The molecule has 106 valence electrons. The summed E-state index contributed by atoms with van der Waals surface area (Å²) >= 11 is 0. The molecule has 0 amide bonds. The predicted octanol–water partition coefficient (Wildman–Crippen LogP) is 3.95. The van der Waals surface area contributed by atoms with Crippen molar-refractivity contribution in [2.45, 2.75) is 39.5 Å². The second-order valence-corrected chi connectivity index (χ2v) is 5.70. The molecule has 1 aromatic carbocycles. The van der Waals surface area contributed by atoms with Crippen LogP contribution in [0.4, 0.5) is 5.69 Å². The minimum Gasteiger partial charge on any atom is -0.384 e. The maximum atomic E-state index is 3.53. The molecule has 0 fully saturated rings. The van der Waals surface area contributed by atoms with Crippen molar-refractivity contribution in [1.82, 2.24) is 4.90 Å². The average molecular weight is 260 g/mol. The Hall–Kier alpha value is -1.02. The highest BCUT2D eigenvalue weighted by Crippen LogP contribution is 2.31. The van der Waals surface area contributed by atoms with Gasteiger partial charge in [0.2, 0.25) is 0 Å². The van der Waals surface area contributed by atoms with Crippen molar-refractivity contribution in [3.8, 4) is 0 Å². The van der Waals surface area contributed by atoms with Crippen molar-refractivity contribution < 1.29 is 0 Å². The number of nitrogens with zero attached hydrogens (tertiary/aromatic N) is 1. The molecular formula is C17H28N2. The molecule has 2 nitrogen and oxygen atoms in total. The molecule has 0 aromatic heterocycles. The average Bonchev–Trinajstić information content (AvgIpc) is 2.86. The highest BCUT2D eigenvalue weighted by Gasteiger charge is 2.23. The first-order valence-corrected chi connectivity index (χ1v) is 7.83. The van der Waals surface area contributed by atoms with Gasteiger partial charge in [-0.05, 0) is 24.1 Å². The number of para-hydroxylation sites is 1. The van der Waals surface area contributed by atoms with Gasteiger partial charge in [0, 0.05) is 31.2 Å². The van der Waals surface area contributed by atoms with E-state index in [2.05, 4.69) is 55.3 Å². The van der Waals surface area contributed by atoms with E-state index in [1.807, 2.05) is 0 Å². The van der Waals surface area contributed by atoms with E-state index in [9.17, 15) is 0 Å². The lowest BCUT2D eigenvalue weighted by Crippen LogP contribution is -2.33. The van der Waals surface area contributed by atoms with Crippen molar-refractivity contribution in [3.63, 3.8) is 0 Å². The maximum Gasteiger partial charge on any atom is 0.0376 e. The van der Waals surface area contributed by atoms with Crippen molar-refractivity contribution >= 4 is 5.69 Å². The van der Waals surface area contributed by atoms with Crippen molar-refractivity contribution in [2.75, 3.05) is 31.5 Å². The molecule has 0 radical (unpaired) electrons. The van der Waals surface area contributed by atoms with Crippen LogP contribution in [0.15, 0.2) is 24.3 Å². The van der Waals surface area contributed by atoms with Crippen LogP contribution in [0.2, 0.25) is 0 Å². The molecule has 1 aromatic rings. The lowest BCUT2D eigenvalue weighted by molar-refractivity contribution is 0.224. The van der Waals surface area contributed by atoms with E-state index >= 15 is 0 Å². The maximum absolute atomic E-state index is 3.53. The van der Waals surface area contributed by atoms with E-state index in [0.717, 1.165) is 19.0 Å². The van der Waals surface area contributed by atoms with Gasteiger partial charge in [-0.3, -0.25) is 0 Å². The number of nitrogens with one attached hydrogen (secondary N) is 1. The lowest BCUT2D eigenvalue weighted by atomic mass is 9.98. The molecule has 2 heteroatoms. The molecule has 1 unspecified atom stereocenters. The first-order chi connectivity index (χ1) is 9.28. The topological polar surface area (TPSA) is 15.3 Å². The molecule has 1 aliphatic heterocycles. The summed E-state index contributed by atoms with van der Waals surface area (Å²) in [5.41, 5.74) is 2.84. The normalized spacial score (nSPS) is 17.8. The number of anilines is 1. The largest absolute Gasteiger partial charge is 0.384 e. The van der Waals surface area contributed by atoms with E-state index in [-0.39, 0.29) is 0 Å². The highest BCUT2D eigenvalue weighted by molar-refractivity contribution is 5.57. The number of rotatable bonds is 7. The van der Waals surface area contributed by atoms with Gasteiger partial charge in [-0.1, -0.05) is 51.8 Å². The zero-order chi connectivity index (χ0) is 13.7. The fourth-order valence-electron chi connectivity index (χ4n) is 3.08. The second-order valence-electron chi connectivity index (χ2n) is 5.70. The highest BCUT2D eigenvalue weighted by atomic mass is 15.1. The number of benzene rings is 1. The van der Waals surface area contributed by atoms with Gasteiger partial charge in [0.1, 0.15) is 0 Å². The zero-order valence-corrected chi connectivity index (χ0v) is 12.7. The van der Waals surface area contributed by atoms with Gasteiger partial charge < -0.3 is 10.2 Å². The third kappa shape index (κ3) is 3.50. The first kappa shape index (κ1) is 14.4. The summed E-state index contributed by atoms with van der Waals surface area (Å²) in [6.07, 6.45) is 2.60. The van der Waals surface area contributed by atoms with Gasteiger partial charge >= 0.3 is 0 Å². The van der Waals surface area contributed by atoms with Crippen molar-refractivity contribution in [3.05, 3.63) is 29.8 Å². The Morgan fingerprint density at radius 3 is 2.63 bits per heavy atom. The van der Waals surface area contributed by atoms with E-state index in [1.54, 1.807) is 0 Å². The first-order valence-electron chi connectivity index (χ1n) is 7.83. The minimum atomic E-state index is 0.658. The summed E-state index contributed by atoms with van der Waals surface area (Å²) in [5, 5.41) is 3.53. The van der Waals surface area contributed by atoms with Gasteiger partial charge in [0.15, 0.2) is 0 Å². The van der Waals surface area contributed by atoms with E-state index < -0.39 is 0 Å². The minimum absolute atomic E-state index is 0.658. The Bertz CT molecular complexity index is 385. The van der Waals surface area contributed by atoms with Crippen LogP contribution >= 0.6 is 0 Å². The van der Waals surface area contributed by atoms with E-state index in [1.165, 1.54) is 37.2 Å². The standard InChI is InChI=1S/C17H28N2/c1-4-14(5-2)12-19(6-3)13-15-11-18-17-10-8-7-9-16(15)17/h7-10,14-15,18H,4-6,11-13H2,1-3H3. The molecule has 0 saturated carbocycles. The zero-order valence-electron chi connectivity index (χ0n) is 12.7. The monoisotopic (exact) mass is 260 g/mol. The fourth-order valence-corrected chi connectivity index (χ4v) is 3.08. The smallest absolute Gasteiger partial charge is 0.0376 e. The molecule has 1 atom stereocenters. The molecule has 0 bridgehead atoms. The van der Waals surface area contributed by atoms with Crippen LogP contribution in [0.25, 0.3) is 0 Å². The molecule has 0 saturated heterocycles. The molecule has 1 N–H and O–H groups in total.